The van der Waals surface area contributed by atoms with Gasteiger partial charge in [-0.1, -0.05) is 6.07 Å². The van der Waals surface area contributed by atoms with Crippen molar-refractivity contribution in [3.63, 3.8) is 0 Å². The van der Waals surface area contributed by atoms with E-state index in [4.69, 9.17) is 4.74 Å². The molecule has 1 aliphatic carbocycles. The van der Waals surface area contributed by atoms with Gasteiger partial charge in [-0.05, 0) is 63.3 Å². The Kier molecular flexibility index (Phi) is 4.48. The van der Waals surface area contributed by atoms with Crippen molar-refractivity contribution in [2.24, 2.45) is 0 Å². The van der Waals surface area contributed by atoms with Crippen molar-refractivity contribution in [3.05, 3.63) is 29.3 Å². The Morgan fingerprint density at radius 1 is 1.26 bits per heavy atom. The van der Waals surface area contributed by atoms with Gasteiger partial charge in [0.15, 0.2) is 0 Å². The predicted molar refractivity (Wildman–Crippen MR) is 77.7 cm³/mol. The van der Waals surface area contributed by atoms with E-state index in [1.54, 1.807) is 0 Å². The van der Waals surface area contributed by atoms with Crippen LogP contribution in [0.1, 0.15) is 37.3 Å². The maximum Gasteiger partial charge on any atom is 0.119 e. The molecule has 106 valence electrons. The quantitative estimate of drug-likeness (QED) is 0.829. The van der Waals surface area contributed by atoms with Crippen LogP contribution in [0.15, 0.2) is 18.2 Å². The molecule has 3 nitrogen and oxygen atoms in total. The highest BCUT2D eigenvalue weighted by Gasteiger charge is 2.31. The second-order valence-electron chi connectivity index (χ2n) is 6.08. The summed E-state index contributed by atoms with van der Waals surface area (Å²) in [5, 5.41) is 13.4. The van der Waals surface area contributed by atoms with Crippen LogP contribution in [0.2, 0.25) is 0 Å². The molecule has 19 heavy (non-hydrogen) atoms. The Morgan fingerprint density at radius 2 is 1.89 bits per heavy atom. The molecule has 2 rings (SSSR count). The zero-order valence-electron chi connectivity index (χ0n) is 12.2. The second-order valence-corrected chi connectivity index (χ2v) is 6.08. The largest absolute Gasteiger partial charge is 0.491 e. The molecule has 1 aromatic rings. The predicted octanol–water partition coefficient (Wildman–Crippen LogP) is 2.58. The normalized spacial score (nSPS) is 18.7. The van der Waals surface area contributed by atoms with Crippen molar-refractivity contribution in [1.82, 2.24) is 5.32 Å². The lowest BCUT2D eigenvalue weighted by molar-refractivity contribution is 0.0867. The number of ether oxygens (including phenoxy) is 1. The fraction of sp³-hybridized carbons (Fsp3) is 0.625. The first kappa shape index (κ1) is 14.4. The van der Waals surface area contributed by atoms with Crippen LogP contribution >= 0.6 is 0 Å². The summed E-state index contributed by atoms with van der Waals surface area (Å²) in [4.78, 5) is 0. The van der Waals surface area contributed by atoms with E-state index in [-0.39, 0.29) is 5.54 Å². The fourth-order valence-electron chi connectivity index (χ4n) is 2.52. The third kappa shape index (κ3) is 4.22. The minimum absolute atomic E-state index is 0.237. The van der Waals surface area contributed by atoms with Crippen LogP contribution < -0.4 is 10.1 Å². The highest BCUT2D eigenvalue weighted by Crippen LogP contribution is 2.30. The Morgan fingerprint density at radius 3 is 2.42 bits per heavy atom. The van der Waals surface area contributed by atoms with Crippen LogP contribution in [-0.4, -0.2) is 29.9 Å². The van der Waals surface area contributed by atoms with E-state index >= 15 is 0 Å². The topological polar surface area (TPSA) is 41.5 Å². The lowest BCUT2D eigenvalue weighted by Crippen LogP contribution is -2.51. The van der Waals surface area contributed by atoms with E-state index in [0.29, 0.717) is 13.2 Å². The molecule has 1 atom stereocenters. The second kappa shape index (κ2) is 5.93. The minimum Gasteiger partial charge on any atom is -0.491 e. The molecule has 0 amide bonds. The highest BCUT2D eigenvalue weighted by molar-refractivity contribution is 5.32. The van der Waals surface area contributed by atoms with Gasteiger partial charge in [-0.2, -0.15) is 0 Å². The standard InChI is InChI=1S/C16H25NO2/c1-12-7-13(2)9-15(8-12)19-11-14(18)10-17-16(3)5-4-6-16/h7-9,14,17-18H,4-6,10-11H2,1-3H3. The molecular formula is C16H25NO2. The average molecular weight is 263 g/mol. The summed E-state index contributed by atoms with van der Waals surface area (Å²) >= 11 is 0. The zero-order valence-corrected chi connectivity index (χ0v) is 12.2. The van der Waals surface area contributed by atoms with E-state index in [1.807, 2.05) is 12.1 Å². The van der Waals surface area contributed by atoms with Crippen molar-refractivity contribution in [3.8, 4) is 5.75 Å². The third-order valence-electron chi connectivity index (χ3n) is 3.86. The van der Waals surface area contributed by atoms with Crippen LogP contribution in [0.25, 0.3) is 0 Å². The number of rotatable bonds is 6. The number of benzene rings is 1. The molecule has 0 aromatic heterocycles. The van der Waals surface area contributed by atoms with Crippen molar-refractivity contribution in [1.29, 1.82) is 0 Å². The SMILES string of the molecule is Cc1cc(C)cc(OCC(O)CNC2(C)CCC2)c1. The average Bonchev–Trinajstić information content (AvgIpc) is 2.30. The molecule has 0 radical (unpaired) electrons. The van der Waals surface area contributed by atoms with Crippen molar-refractivity contribution in [2.45, 2.75) is 51.7 Å². The number of nitrogens with one attached hydrogen (secondary N) is 1. The number of aliphatic hydroxyl groups excluding tert-OH is 1. The summed E-state index contributed by atoms with van der Waals surface area (Å²) in [5.41, 5.74) is 2.61. The summed E-state index contributed by atoms with van der Waals surface area (Å²) < 4.78 is 5.66. The first-order chi connectivity index (χ1) is 8.97. The van der Waals surface area contributed by atoms with Gasteiger partial charge >= 0.3 is 0 Å². The molecule has 0 aliphatic heterocycles. The molecule has 1 aromatic carbocycles. The smallest absolute Gasteiger partial charge is 0.119 e. The highest BCUT2D eigenvalue weighted by atomic mass is 16.5. The van der Waals surface area contributed by atoms with Gasteiger partial charge in [0.25, 0.3) is 0 Å². The van der Waals surface area contributed by atoms with Crippen molar-refractivity contribution < 1.29 is 9.84 Å². The Hall–Kier alpha value is -1.06. The minimum atomic E-state index is -0.460. The molecule has 1 saturated carbocycles. The van der Waals surface area contributed by atoms with Crippen molar-refractivity contribution >= 4 is 0 Å². The number of β-amino-alcohol motifs (C(OH)–C–C–N with tert-alkyl or cyclic N) is 1. The van der Waals surface area contributed by atoms with Gasteiger partial charge in [-0.15, -0.1) is 0 Å². The van der Waals surface area contributed by atoms with E-state index < -0.39 is 6.10 Å². The lowest BCUT2D eigenvalue weighted by atomic mass is 9.78. The first-order valence-corrected chi connectivity index (χ1v) is 7.11. The molecule has 1 fully saturated rings. The molecule has 0 bridgehead atoms. The van der Waals surface area contributed by atoms with Gasteiger partial charge in [0.05, 0.1) is 0 Å². The molecule has 0 saturated heterocycles. The summed E-state index contributed by atoms with van der Waals surface area (Å²) in [5.74, 6) is 0.839. The van der Waals surface area contributed by atoms with Crippen LogP contribution in [0.4, 0.5) is 0 Å². The molecule has 2 N–H and O–H groups in total. The van der Waals surface area contributed by atoms with Gasteiger partial charge in [0, 0.05) is 12.1 Å². The zero-order chi connectivity index (χ0) is 13.9. The maximum atomic E-state index is 9.94. The number of aryl methyl sites for hydroxylation is 2. The van der Waals surface area contributed by atoms with Gasteiger partial charge in [-0.25, -0.2) is 0 Å². The van der Waals surface area contributed by atoms with Gasteiger partial charge < -0.3 is 15.2 Å². The Labute approximate surface area is 116 Å². The van der Waals surface area contributed by atoms with Crippen LogP contribution in [0.3, 0.4) is 0 Å². The fourth-order valence-corrected chi connectivity index (χ4v) is 2.52. The van der Waals surface area contributed by atoms with E-state index in [2.05, 4.69) is 32.2 Å². The molecule has 0 spiro atoms. The summed E-state index contributed by atoms with van der Waals surface area (Å²) in [7, 11) is 0. The van der Waals surface area contributed by atoms with Crippen LogP contribution in [-0.2, 0) is 0 Å². The number of aliphatic hydroxyl groups is 1. The molecule has 0 heterocycles. The van der Waals surface area contributed by atoms with E-state index in [9.17, 15) is 5.11 Å². The molecule has 1 unspecified atom stereocenters. The maximum absolute atomic E-state index is 9.94. The lowest BCUT2D eigenvalue weighted by Gasteiger charge is -2.40. The van der Waals surface area contributed by atoms with E-state index in [0.717, 1.165) is 5.75 Å². The van der Waals surface area contributed by atoms with Gasteiger partial charge in [0.2, 0.25) is 0 Å². The monoisotopic (exact) mass is 263 g/mol. The van der Waals surface area contributed by atoms with Gasteiger partial charge in [0.1, 0.15) is 18.5 Å². The summed E-state index contributed by atoms with van der Waals surface area (Å²) in [6, 6.07) is 6.11. The summed E-state index contributed by atoms with van der Waals surface area (Å²) in [6.07, 6.45) is 3.24. The first-order valence-electron chi connectivity index (χ1n) is 7.11. The molecular weight excluding hydrogens is 238 g/mol. The van der Waals surface area contributed by atoms with E-state index in [1.165, 1.54) is 30.4 Å². The molecule has 1 aliphatic rings. The Balaban J connectivity index is 1.74. The Bertz CT molecular complexity index is 407. The summed E-state index contributed by atoms with van der Waals surface area (Å²) in [6.45, 7) is 7.26. The van der Waals surface area contributed by atoms with Crippen molar-refractivity contribution in [2.75, 3.05) is 13.2 Å². The molecule has 3 heteroatoms. The number of hydrogen-bond donors (Lipinski definition) is 2. The van der Waals surface area contributed by atoms with Crippen LogP contribution in [0.5, 0.6) is 5.75 Å². The van der Waals surface area contributed by atoms with Gasteiger partial charge in [-0.3, -0.25) is 0 Å². The van der Waals surface area contributed by atoms with Crippen LogP contribution in [0, 0.1) is 13.8 Å². The third-order valence-corrected chi connectivity index (χ3v) is 3.86. The number of hydrogen-bond acceptors (Lipinski definition) is 3.